The number of azide groups is 1. The van der Waals surface area contributed by atoms with Gasteiger partial charge in [0.15, 0.2) is 11.6 Å². The smallest absolute Gasteiger partial charge is 0.163 e. The molecule has 0 amide bonds. The molecule has 0 spiro atoms. The van der Waals surface area contributed by atoms with Crippen LogP contribution in [0.5, 0.6) is 0 Å². The van der Waals surface area contributed by atoms with Crippen molar-refractivity contribution in [2.24, 2.45) is 11.0 Å². The van der Waals surface area contributed by atoms with Crippen LogP contribution in [0.25, 0.3) is 10.4 Å². The maximum Gasteiger partial charge on any atom is 0.163 e. The van der Waals surface area contributed by atoms with Crippen LogP contribution in [-0.2, 0) is 18.9 Å². The first kappa shape index (κ1) is 14.1. The highest BCUT2D eigenvalue weighted by molar-refractivity contribution is 5.05. The van der Waals surface area contributed by atoms with Gasteiger partial charge < -0.3 is 18.9 Å². The van der Waals surface area contributed by atoms with Gasteiger partial charge in [-0.25, -0.2) is 0 Å². The van der Waals surface area contributed by atoms with E-state index in [1.54, 1.807) is 0 Å². The Balaban J connectivity index is 1.78. The lowest BCUT2D eigenvalue weighted by Gasteiger charge is -2.27. The highest BCUT2D eigenvalue weighted by Gasteiger charge is 2.56. The normalized spacial score (nSPS) is 45.1. The third-order valence-electron chi connectivity index (χ3n) is 4.19. The van der Waals surface area contributed by atoms with Crippen molar-refractivity contribution in [3.8, 4) is 0 Å². The van der Waals surface area contributed by atoms with E-state index in [4.69, 9.17) is 24.5 Å². The molecule has 1 saturated carbocycles. The molecule has 0 aromatic carbocycles. The lowest BCUT2D eigenvalue weighted by atomic mass is 9.97. The molecule has 7 nitrogen and oxygen atoms in total. The Bertz CT molecular complexity index is 447. The molecule has 5 atom stereocenters. The molecular weight excluding hydrogens is 262 g/mol. The van der Waals surface area contributed by atoms with Crippen LogP contribution in [-0.4, -0.2) is 42.5 Å². The number of rotatable bonds is 2. The molecule has 2 aliphatic heterocycles. The number of nitrogens with zero attached hydrogens (tertiary/aromatic N) is 3. The predicted molar refractivity (Wildman–Crippen MR) is 69.8 cm³/mol. The highest BCUT2D eigenvalue weighted by Crippen LogP contribution is 2.46. The molecule has 2 heterocycles. The Morgan fingerprint density at radius 2 is 1.75 bits per heavy atom. The third-order valence-corrected chi connectivity index (χ3v) is 4.19. The quantitative estimate of drug-likeness (QED) is 0.442. The van der Waals surface area contributed by atoms with E-state index in [1.807, 2.05) is 27.7 Å². The van der Waals surface area contributed by atoms with E-state index >= 15 is 0 Å². The fourth-order valence-corrected chi connectivity index (χ4v) is 3.50. The Morgan fingerprint density at radius 3 is 2.35 bits per heavy atom. The molecular formula is C13H21N3O4. The topological polar surface area (TPSA) is 85.7 Å². The predicted octanol–water partition coefficient (Wildman–Crippen LogP) is 2.36. The average molecular weight is 283 g/mol. The van der Waals surface area contributed by atoms with E-state index < -0.39 is 11.6 Å². The molecule has 0 bridgehead atoms. The van der Waals surface area contributed by atoms with Crippen molar-refractivity contribution in [3.63, 3.8) is 0 Å². The van der Waals surface area contributed by atoms with Crippen molar-refractivity contribution < 1.29 is 18.9 Å². The summed E-state index contributed by atoms with van der Waals surface area (Å²) >= 11 is 0. The van der Waals surface area contributed by atoms with Crippen LogP contribution < -0.4 is 0 Å². The summed E-state index contributed by atoms with van der Waals surface area (Å²) in [4.78, 5) is 2.98. The molecule has 0 radical (unpaired) electrons. The zero-order valence-electron chi connectivity index (χ0n) is 12.3. The van der Waals surface area contributed by atoms with Gasteiger partial charge in [0.05, 0.1) is 31.0 Å². The van der Waals surface area contributed by atoms with Crippen molar-refractivity contribution in [2.75, 3.05) is 6.61 Å². The van der Waals surface area contributed by atoms with Gasteiger partial charge in [0, 0.05) is 10.8 Å². The van der Waals surface area contributed by atoms with Gasteiger partial charge in [-0.15, -0.1) is 0 Å². The highest BCUT2D eigenvalue weighted by atomic mass is 16.8. The summed E-state index contributed by atoms with van der Waals surface area (Å²) in [5.41, 5.74) is 8.83. The molecule has 0 N–H and O–H groups in total. The number of fused-ring (bicyclic) bond motifs is 1. The maximum atomic E-state index is 8.83. The fourth-order valence-electron chi connectivity index (χ4n) is 3.50. The first-order chi connectivity index (χ1) is 9.31. The summed E-state index contributed by atoms with van der Waals surface area (Å²) in [6, 6.07) is -0.269. The Morgan fingerprint density at radius 1 is 1.05 bits per heavy atom. The molecule has 1 unspecified atom stereocenters. The molecule has 2 saturated heterocycles. The van der Waals surface area contributed by atoms with Crippen LogP contribution in [0.2, 0.25) is 0 Å². The monoisotopic (exact) mass is 283 g/mol. The van der Waals surface area contributed by atoms with Gasteiger partial charge in [0.2, 0.25) is 0 Å². The SMILES string of the molecule is CC1(C)OCC([C@H]2C[C@@H]3OC(C)(C)O[C@@H]3[C@@H]2N=[N+]=[N-])O1. The molecule has 1 aliphatic carbocycles. The van der Waals surface area contributed by atoms with Gasteiger partial charge in [0.25, 0.3) is 0 Å². The van der Waals surface area contributed by atoms with Crippen molar-refractivity contribution in [1.29, 1.82) is 0 Å². The molecule has 0 aromatic heterocycles. The summed E-state index contributed by atoms with van der Waals surface area (Å²) in [6.45, 7) is 8.05. The third kappa shape index (κ3) is 2.40. The second kappa shape index (κ2) is 4.58. The average Bonchev–Trinajstić information content (AvgIpc) is 2.91. The number of hydrogen-bond acceptors (Lipinski definition) is 5. The minimum atomic E-state index is -0.615. The standard InChI is InChI=1S/C13H21N3O4/c1-12(2)17-6-9(19-12)7-5-8-11(10(7)15-16-14)20-13(3,4)18-8/h7-11H,5-6H2,1-4H3/t7-,8+,9?,10-,11+/m1/s1. The number of ether oxygens (including phenoxy) is 4. The van der Waals surface area contributed by atoms with E-state index in [-0.39, 0.29) is 30.3 Å². The maximum absolute atomic E-state index is 8.83. The lowest BCUT2D eigenvalue weighted by Crippen LogP contribution is -2.36. The van der Waals surface area contributed by atoms with Crippen molar-refractivity contribution in [1.82, 2.24) is 0 Å². The zero-order chi connectivity index (χ0) is 14.5. The largest absolute Gasteiger partial charge is 0.348 e. The molecule has 3 aliphatic rings. The summed E-state index contributed by atoms with van der Waals surface area (Å²) < 4.78 is 23.3. The van der Waals surface area contributed by atoms with Crippen molar-refractivity contribution in [3.05, 3.63) is 10.4 Å². The second-order valence-corrected chi connectivity index (χ2v) is 6.60. The summed E-state index contributed by atoms with van der Waals surface area (Å²) in [6.07, 6.45) is 0.444. The summed E-state index contributed by atoms with van der Waals surface area (Å²) in [5.74, 6) is -1.13. The lowest BCUT2D eigenvalue weighted by molar-refractivity contribution is -0.167. The minimum absolute atomic E-state index is 0.0437. The van der Waals surface area contributed by atoms with Gasteiger partial charge >= 0.3 is 0 Å². The van der Waals surface area contributed by atoms with Crippen LogP contribution in [0.1, 0.15) is 34.1 Å². The van der Waals surface area contributed by atoms with Crippen LogP contribution in [0.15, 0.2) is 5.11 Å². The molecule has 112 valence electrons. The van der Waals surface area contributed by atoms with E-state index in [1.165, 1.54) is 0 Å². The van der Waals surface area contributed by atoms with Crippen LogP contribution in [0, 0.1) is 5.92 Å². The van der Waals surface area contributed by atoms with Gasteiger partial charge in [0.1, 0.15) is 0 Å². The zero-order valence-corrected chi connectivity index (χ0v) is 12.3. The molecule has 7 heteroatoms. The summed E-state index contributed by atoms with van der Waals surface area (Å²) in [5, 5.41) is 3.95. The Hall–Kier alpha value is -0.850. The van der Waals surface area contributed by atoms with Crippen molar-refractivity contribution in [2.45, 2.75) is 70.0 Å². The Labute approximate surface area is 118 Å². The van der Waals surface area contributed by atoms with E-state index in [2.05, 4.69) is 10.0 Å². The first-order valence-corrected chi connectivity index (χ1v) is 7.03. The van der Waals surface area contributed by atoms with Crippen LogP contribution in [0.4, 0.5) is 0 Å². The van der Waals surface area contributed by atoms with E-state index in [9.17, 15) is 0 Å². The van der Waals surface area contributed by atoms with Gasteiger partial charge in [-0.3, -0.25) is 0 Å². The van der Waals surface area contributed by atoms with Crippen LogP contribution >= 0.6 is 0 Å². The van der Waals surface area contributed by atoms with E-state index in [0.29, 0.717) is 6.61 Å². The second-order valence-electron chi connectivity index (χ2n) is 6.60. The molecule has 3 fully saturated rings. The fraction of sp³-hybridized carbons (Fsp3) is 1.00. The molecule has 3 rings (SSSR count). The number of hydrogen-bond donors (Lipinski definition) is 0. The van der Waals surface area contributed by atoms with Gasteiger partial charge in [-0.2, -0.15) is 0 Å². The molecule has 0 aromatic rings. The molecule has 20 heavy (non-hydrogen) atoms. The first-order valence-electron chi connectivity index (χ1n) is 7.03. The van der Waals surface area contributed by atoms with Gasteiger partial charge in [-0.1, -0.05) is 5.11 Å². The van der Waals surface area contributed by atoms with Crippen LogP contribution in [0.3, 0.4) is 0 Å². The van der Waals surface area contributed by atoms with E-state index in [0.717, 1.165) is 6.42 Å². The van der Waals surface area contributed by atoms with Gasteiger partial charge in [-0.05, 0) is 39.6 Å². The summed E-state index contributed by atoms with van der Waals surface area (Å²) in [7, 11) is 0. The Kier molecular flexibility index (Phi) is 3.23. The van der Waals surface area contributed by atoms with Crippen molar-refractivity contribution >= 4 is 0 Å². The minimum Gasteiger partial charge on any atom is -0.348 e.